The average Bonchev–Trinajstić information content (AvgIpc) is 2.65. The number of anilines is 2. The number of benzene rings is 2. The van der Waals surface area contributed by atoms with Crippen molar-refractivity contribution < 1.29 is 23.1 Å². The zero-order valence-electron chi connectivity index (χ0n) is 15.4. The van der Waals surface area contributed by atoms with E-state index in [1.807, 2.05) is 6.92 Å². The Hall–Kier alpha value is -3.16. The van der Waals surface area contributed by atoms with E-state index in [1.165, 1.54) is 0 Å². The molecule has 1 heterocycles. The average molecular weight is 389 g/mol. The summed E-state index contributed by atoms with van der Waals surface area (Å²) in [5, 5.41) is 5.26. The summed E-state index contributed by atoms with van der Waals surface area (Å²) in [4.78, 5) is 26.4. The number of amides is 2. The number of nitrogens with zero attached hydrogens (tertiary/aromatic N) is 1. The van der Waals surface area contributed by atoms with Crippen LogP contribution >= 0.6 is 0 Å². The van der Waals surface area contributed by atoms with Crippen molar-refractivity contribution in [1.29, 1.82) is 0 Å². The molecule has 0 fully saturated rings. The molecule has 0 saturated carbocycles. The Kier molecular flexibility index (Phi) is 6.08. The number of halogens is 2. The van der Waals surface area contributed by atoms with E-state index in [1.54, 1.807) is 29.2 Å². The van der Waals surface area contributed by atoms with E-state index in [0.29, 0.717) is 18.0 Å². The van der Waals surface area contributed by atoms with Crippen molar-refractivity contribution in [3.05, 3.63) is 54.1 Å². The normalized spacial score (nSPS) is 15.4. The minimum atomic E-state index is -0.778. The SMILES string of the molecule is CCCNC(=O)[C@@H]1CN(CC(=O)Nc2cc(F)cc(F)c2)c2ccccc2O1. The highest BCUT2D eigenvalue weighted by Crippen LogP contribution is 2.33. The summed E-state index contributed by atoms with van der Waals surface area (Å²) in [6.45, 7) is 2.56. The number of nitrogens with one attached hydrogen (secondary N) is 2. The van der Waals surface area contributed by atoms with Gasteiger partial charge in [0.25, 0.3) is 5.91 Å². The topological polar surface area (TPSA) is 70.7 Å². The first kappa shape index (κ1) is 19.6. The second kappa shape index (κ2) is 8.69. The molecule has 8 heteroatoms. The molecule has 0 saturated heterocycles. The summed E-state index contributed by atoms with van der Waals surface area (Å²) in [5.74, 6) is -1.78. The van der Waals surface area contributed by atoms with Gasteiger partial charge in [0.2, 0.25) is 5.91 Å². The lowest BCUT2D eigenvalue weighted by Crippen LogP contribution is -2.50. The molecule has 1 aliphatic rings. The fourth-order valence-electron chi connectivity index (χ4n) is 2.96. The maximum Gasteiger partial charge on any atom is 0.262 e. The first-order valence-corrected chi connectivity index (χ1v) is 9.00. The van der Waals surface area contributed by atoms with Gasteiger partial charge in [-0.1, -0.05) is 19.1 Å². The van der Waals surface area contributed by atoms with Crippen LogP contribution in [0.25, 0.3) is 0 Å². The minimum Gasteiger partial charge on any atom is -0.477 e. The van der Waals surface area contributed by atoms with Crippen molar-refractivity contribution in [2.24, 2.45) is 0 Å². The van der Waals surface area contributed by atoms with Gasteiger partial charge in [-0.15, -0.1) is 0 Å². The Morgan fingerprint density at radius 2 is 1.89 bits per heavy atom. The Morgan fingerprint density at radius 1 is 1.18 bits per heavy atom. The molecule has 0 bridgehead atoms. The molecule has 1 atom stereocenters. The molecule has 2 aromatic rings. The largest absolute Gasteiger partial charge is 0.477 e. The molecular weight excluding hydrogens is 368 g/mol. The lowest BCUT2D eigenvalue weighted by Gasteiger charge is -2.35. The molecule has 0 unspecified atom stereocenters. The van der Waals surface area contributed by atoms with Crippen LogP contribution in [-0.4, -0.2) is 37.6 Å². The van der Waals surface area contributed by atoms with Gasteiger partial charge in [-0.3, -0.25) is 9.59 Å². The Morgan fingerprint density at radius 3 is 2.61 bits per heavy atom. The highest BCUT2D eigenvalue weighted by atomic mass is 19.1. The second-order valence-corrected chi connectivity index (χ2v) is 6.45. The predicted molar refractivity (Wildman–Crippen MR) is 101 cm³/mol. The molecule has 148 valence electrons. The molecule has 0 radical (unpaired) electrons. The number of fused-ring (bicyclic) bond motifs is 1. The van der Waals surface area contributed by atoms with Crippen LogP contribution in [0, 0.1) is 11.6 Å². The van der Waals surface area contributed by atoms with Crippen LogP contribution in [0.5, 0.6) is 5.75 Å². The summed E-state index contributed by atoms with van der Waals surface area (Å²) in [7, 11) is 0. The van der Waals surface area contributed by atoms with Crippen LogP contribution in [0.15, 0.2) is 42.5 Å². The smallest absolute Gasteiger partial charge is 0.262 e. The molecule has 0 spiro atoms. The van der Waals surface area contributed by atoms with Crippen molar-refractivity contribution in [3.63, 3.8) is 0 Å². The number of hydrogen-bond donors (Lipinski definition) is 2. The first-order valence-electron chi connectivity index (χ1n) is 9.00. The van der Waals surface area contributed by atoms with Crippen molar-refractivity contribution in [2.45, 2.75) is 19.4 Å². The summed E-state index contributed by atoms with van der Waals surface area (Å²) in [6, 6.07) is 9.88. The number of para-hydroxylation sites is 2. The zero-order valence-corrected chi connectivity index (χ0v) is 15.4. The molecule has 0 aromatic heterocycles. The third-order valence-electron chi connectivity index (χ3n) is 4.18. The van der Waals surface area contributed by atoms with E-state index in [-0.39, 0.29) is 24.7 Å². The zero-order chi connectivity index (χ0) is 20.1. The van der Waals surface area contributed by atoms with Crippen molar-refractivity contribution in [3.8, 4) is 5.75 Å². The molecular formula is C20H21F2N3O3. The van der Waals surface area contributed by atoms with E-state index < -0.39 is 23.6 Å². The van der Waals surface area contributed by atoms with Crippen LogP contribution in [-0.2, 0) is 9.59 Å². The number of rotatable bonds is 6. The lowest BCUT2D eigenvalue weighted by molar-refractivity contribution is -0.128. The van der Waals surface area contributed by atoms with Gasteiger partial charge in [-0.05, 0) is 30.7 Å². The van der Waals surface area contributed by atoms with Crippen LogP contribution in [0.4, 0.5) is 20.2 Å². The number of ether oxygens (including phenoxy) is 1. The Labute approximate surface area is 161 Å². The van der Waals surface area contributed by atoms with Crippen molar-refractivity contribution in [1.82, 2.24) is 5.32 Å². The molecule has 6 nitrogen and oxygen atoms in total. The number of carbonyl (C=O) groups is 2. The lowest BCUT2D eigenvalue weighted by atomic mass is 10.1. The molecule has 2 amide bonds. The number of hydrogen-bond acceptors (Lipinski definition) is 4. The predicted octanol–water partition coefficient (Wildman–Crippen LogP) is 2.70. The molecule has 1 aliphatic heterocycles. The summed E-state index contributed by atoms with van der Waals surface area (Å²) < 4.78 is 32.4. The fourth-order valence-corrected chi connectivity index (χ4v) is 2.96. The fraction of sp³-hybridized carbons (Fsp3) is 0.300. The van der Waals surface area contributed by atoms with Crippen LogP contribution in [0.3, 0.4) is 0 Å². The van der Waals surface area contributed by atoms with E-state index in [9.17, 15) is 18.4 Å². The van der Waals surface area contributed by atoms with Gasteiger partial charge in [0.15, 0.2) is 6.10 Å². The number of carbonyl (C=O) groups excluding carboxylic acids is 2. The maximum absolute atomic E-state index is 13.3. The molecule has 2 N–H and O–H groups in total. The second-order valence-electron chi connectivity index (χ2n) is 6.45. The first-order chi connectivity index (χ1) is 13.5. The van der Waals surface area contributed by atoms with Gasteiger partial charge >= 0.3 is 0 Å². The molecule has 3 rings (SSSR count). The van der Waals surface area contributed by atoms with Gasteiger partial charge in [0.1, 0.15) is 17.4 Å². The monoisotopic (exact) mass is 389 g/mol. The van der Waals surface area contributed by atoms with Crippen LogP contribution < -0.4 is 20.3 Å². The highest BCUT2D eigenvalue weighted by molar-refractivity contribution is 5.95. The van der Waals surface area contributed by atoms with Gasteiger partial charge in [-0.2, -0.15) is 0 Å². The summed E-state index contributed by atoms with van der Waals surface area (Å²) in [5.41, 5.74) is 0.698. The minimum absolute atomic E-state index is 0.0290. The van der Waals surface area contributed by atoms with Crippen molar-refractivity contribution in [2.75, 3.05) is 29.9 Å². The van der Waals surface area contributed by atoms with Crippen molar-refractivity contribution >= 4 is 23.2 Å². The quantitative estimate of drug-likeness (QED) is 0.797. The molecule has 0 aliphatic carbocycles. The van der Waals surface area contributed by atoms with E-state index in [2.05, 4.69) is 10.6 Å². The third kappa shape index (κ3) is 4.76. The van der Waals surface area contributed by atoms with Gasteiger partial charge < -0.3 is 20.3 Å². The van der Waals surface area contributed by atoms with Gasteiger partial charge in [0.05, 0.1) is 18.8 Å². The van der Waals surface area contributed by atoms with Crippen LogP contribution in [0.1, 0.15) is 13.3 Å². The van der Waals surface area contributed by atoms with E-state index in [0.717, 1.165) is 24.6 Å². The molecule has 28 heavy (non-hydrogen) atoms. The van der Waals surface area contributed by atoms with Crippen LogP contribution in [0.2, 0.25) is 0 Å². The summed E-state index contributed by atoms with van der Waals surface area (Å²) >= 11 is 0. The highest BCUT2D eigenvalue weighted by Gasteiger charge is 2.31. The standard InChI is InChI=1S/C20H21F2N3O3/c1-2-7-23-20(27)18-11-25(16-5-3-4-6-17(16)28-18)12-19(26)24-15-9-13(21)8-14(22)10-15/h3-6,8-10,18H,2,7,11-12H2,1H3,(H,23,27)(H,24,26)/t18-/m0/s1. The van der Waals surface area contributed by atoms with E-state index >= 15 is 0 Å². The third-order valence-corrected chi connectivity index (χ3v) is 4.18. The van der Waals surface area contributed by atoms with Gasteiger partial charge in [0, 0.05) is 18.3 Å². The van der Waals surface area contributed by atoms with E-state index in [4.69, 9.17) is 4.74 Å². The summed E-state index contributed by atoms with van der Waals surface area (Å²) in [6.07, 6.45) is 0.0339. The maximum atomic E-state index is 13.3. The Bertz CT molecular complexity index is 855. The Balaban J connectivity index is 1.73. The molecule has 2 aromatic carbocycles. The van der Waals surface area contributed by atoms with Gasteiger partial charge in [-0.25, -0.2) is 8.78 Å².